The summed E-state index contributed by atoms with van der Waals surface area (Å²) in [5.41, 5.74) is 7.73. The van der Waals surface area contributed by atoms with E-state index in [1.54, 1.807) is 0 Å². The Morgan fingerprint density at radius 2 is 1.89 bits per heavy atom. The van der Waals surface area contributed by atoms with E-state index in [1.165, 1.54) is 0 Å². The molecule has 0 bridgehead atoms. The second kappa shape index (κ2) is 6.75. The molecule has 0 fully saturated rings. The maximum atomic E-state index is 6.10. The SMILES string of the molecule is NCc1ccc(COc2ccc(Br)cc2Cl)c(Br)c1. The van der Waals surface area contributed by atoms with E-state index >= 15 is 0 Å². The standard InChI is InChI=1S/C14H12Br2ClNO/c15-11-3-4-14(13(17)6-11)19-8-10-2-1-9(7-18)5-12(10)16/h1-6H,7-8,18H2. The lowest BCUT2D eigenvalue weighted by Crippen LogP contribution is -2.00. The molecule has 19 heavy (non-hydrogen) atoms. The van der Waals surface area contributed by atoms with Gasteiger partial charge in [0.2, 0.25) is 0 Å². The predicted molar refractivity (Wildman–Crippen MR) is 85.5 cm³/mol. The van der Waals surface area contributed by atoms with Gasteiger partial charge < -0.3 is 10.5 Å². The van der Waals surface area contributed by atoms with Crippen molar-refractivity contribution in [3.8, 4) is 5.75 Å². The highest BCUT2D eigenvalue weighted by Crippen LogP contribution is 2.29. The lowest BCUT2D eigenvalue weighted by Gasteiger charge is -2.10. The van der Waals surface area contributed by atoms with Gasteiger partial charge in [-0.15, -0.1) is 0 Å². The van der Waals surface area contributed by atoms with Crippen LogP contribution in [0.15, 0.2) is 45.3 Å². The number of ether oxygens (including phenoxy) is 1. The number of nitrogens with two attached hydrogens (primary N) is 1. The first-order valence-corrected chi connectivity index (χ1v) is 7.62. The molecule has 100 valence electrons. The fourth-order valence-corrected chi connectivity index (χ4v) is 2.85. The molecule has 0 unspecified atom stereocenters. The fraction of sp³-hybridized carbons (Fsp3) is 0.143. The van der Waals surface area contributed by atoms with E-state index < -0.39 is 0 Å². The first-order chi connectivity index (χ1) is 9.10. The van der Waals surface area contributed by atoms with Crippen LogP contribution in [-0.4, -0.2) is 0 Å². The number of hydrogen-bond acceptors (Lipinski definition) is 2. The molecule has 0 aliphatic heterocycles. The Morgan fingerprint density at radius 3 is 2.53 bits per heavy atom. The summed E-state index contributed by atoms with van der Waals surface area (Å²) in [6.45, 7) is 0.977. The van der Waals surface area contributed by atoms with E-state index in [1.807, 2.05) is 36.4 Å². The molecule has 2 nitrogen and oxygen atoms in total. The minimum Gasteiger partial charge on any atom is -0.487 e. The number of halogens is 3. The van der Waals surface area contributed by atoms with Crippen LogP contribution >= 0.6 is 43.5 Å². The molecule has 2 rings (SSSR count). The molecule has 0 heterocycles. The average molecular weight is 406 g/mol. The molecule has 0 aromatic heterocycles. The third-order valence-electron chi connectivity index (χ3n) is 2.63. The summed E-state index contributed by atoms with van der Waals surface area (Å²) >= 11 is 13.0. The molecule has 0 aliphatic rings. The van der Waals surface area contributed by atoms with Crippen LogP contribution in [0.3, 0.4) is 0 Å². The summed E-state index contributed by atoms with van der Waals surface area (Å²) in [7, 11) is 0. The van der Waals surface area contributed by atoms with E-state index in [0.717, 1.165) is 20.1 Å². The van der Waals surface area contributed by atoms with Crippen molar-refractivity contribution in [1.29, 1.82) is 0 Å². The summed E-state index contributed by atoms with van der Waals surface area (Å²) in [6.07, 6.45) is 0. The third kappa shape index (κ3) is 3.96. The second-order valence-corrected chi connectivity index (χ2v) is 6.17. The van der Waals surface area contributed by atoms with Crippen LogP contribution in [0.5, 0.6) is 5.75 Å². The normalized spacial score (nSPS) is 10.5. The first kappa shape index (κ1) is 14.9. The molecule has 0 saturated carbocycles. The largest absolute Gasteiger partial charge is 0.487 e. The molecule has 0 radical (unpaired) electrons. The van der Waals surface area contributed by atoms with Gasteiger partial charge in [0.15, 0.2) is 0 Å². The van der Waals surface area contributed by atoms with E-state index in [9.17, 15) is 0 Å². The lowest BCUT2D eigenvalue weighted by atomic mass is 10.1. The van der Waals surface area contributed by atoms with Gasteiger partial charge in [-0.2, -0.15) is 0 Å². The zero-order valence-corrected chi connectivity index (χ0v) is 13.9. The molecular formula is C14H12Br2ClNO. The summed E-state index contributed by atoms with van der Waals surface area (Å²) in [5.74, 6) is 0.666. The third-order valence-corrected chi connectivity index (χ3v) is 4.16. The quantitative estimate of drug-likeness (QED) is 0.785. The number of hydrogen-bond donors (Lipinski definition) is 1. The van der Waals surface area contributed by atoms with Crippen molar-refractivity contribution in [1.82, 2.24) is 0 Å². The van der Waals surface area contributed by atoms with Crippen LogP contribution in [0, 0.1) is 0 Å². The summed E-state index contributed by atoms with van der Waals surface area (Å²) in [4.78, 5) is 0. The smallest absolute Gasteiger partial charge is 0.138 e. The topological polar surface area (TPSA) is 35.2 Å². The van der Waals surface area contributed by atoms with Crippen LogP contribution in [0.4, 0.5) is 0 Å². The van der Waals surface area contributed by atoms with Crippen molar-refractivity contribution in [3.63, 3.8) is 0 Å². The highest BCUT2D eigenvalue weighted by molar-refractivity contribution is 9.10. The van der Waals surface area contributed by atoms with Gasteiger partial charge in [-0.1, -0.05) is 55.6 Å². The van der Waals surface area contributed by atoms with Crippen LogP contribution in [0.2, 0.25) is 5.02 Å². The lowest BCUT2D eigenvalue weighted by molar-refractivity contribution is 0.305. The van der Waals surface area contributed by atoms with Gasteiger partial charge in [0.05, 0.1) is 5.02 Å². The van der Waals surface area contributed by atoms with Crippen molar-refractivity contribution >= 4 is 43.5 Å². The van der Waals surface area contributed by atoms with Crippen LogP contribution in [0.25, 0.3) is 0 Å². The molecule has 0 aliphatic carbocycles. The highest BCUT2D eigenvalue weighted by Gasteiger charge is 2.05. The van der Waals surface area contributed by atoms with E-state index in [-0.39, 0.29) is 0 Å². The van der Waals surface area contributed by atoms with Crippen LogP contribution in [-0.2, 0) is 13.2 Å². The van der Waals surface area contributed by atoms with E-state index in [4.69, 9.17) is 22.1 Å². The van der Waals surface area contributed by atoms with Gasteiger partial charge in [-0.05, 0) is 29.8 Å². The van der Waals surface area contributed by atoms with E-state index in [2.05, 4.69) is 31.9 Å². The predicted octanol–water partition coefficient (Wildman–Crippen LogP) is 4.90. The average Bonchev–Trinajstić information content (AvgIpc) is 2.39. The molecule has 2 aromatic carbocycles. The second-order valence-electron chi connectivity index (χ2n) is 3.99. The minimum absolute atomic E-state index is 0.451. The Labute approximate surface area is 134 Å². The first-order valence-electron chi connectivity index (χ1n) is 5.65. The molecule has 0 atom stereocenters. The number of benzene rings is 2. The van der Waals surface area contributed by atoms with Gasteiger partial charge in [-0.3, -0.25) is 0 Å². The molecule has 5 heteroatoms. The maximum absolute atomic E-state index is 6.10. The Hall–Kier alpha value is -0.550. The van der Waals surface area contributed by atoms with Crippen molar-refractivity contribution < 1.29 is 4.74 Å². The Balaban J connectivity index is 2.10. The van der Waals surface area contributed by atoms with Gasteiger partial charge in [0.1, 0.15) is 12.4 Å². The molecular weight excluding hydrogens is 393 g/mol. The van der Waals surface area contributed by atoms with Gasteiger partial charge in [-0.25, -0.2) is 0 Å². The van der Waals surface area contributed by atoms with E-state index in [0.29, 0.717) is 23.9 Å². The minimum atomic E-state index is 0.451. The molecule has 0 amide bonds. The van der Waals surface area contributed by atoms with Crippen molar-refractivity contribution in [3.05, 3.63) is 61.5 Å². The van der Waals surface area contributed by atoms with Crippen molar-refractivity contribution in [2.24, 2.45) is 5.73 Å². The highest BCUT2D eigenvalue weighted by atomic mass is 79.9. The molecule has 2 aromatic rings. The monoisotopic (exact) mass is 403 g/mol. The number of rotatable bonds is 4. The Kier molecular flexibility index (Phi) is 5.28. The molecule has 2 N–H and O–H groups in total. The zero-order chi connectivity index (χ0) is 13.8. The summed E-state index contributed by atoms with van der Waals surface area (Å²) in [6, 6.07) is 11.5. The Bertz CT molecular complexity index is 590. The van der Waals surface area contributed by atoms with Gasteiger partial charge in [0.25, 0.3) is 0 Å². The summed E-state index contributed by atoms with van der Waals surface area (Å²) < 4.78 is 7.64. The van der Waals surface area contributed by atoms with Crippen LogP contribution in [0.1, 0.15) is 11.1 Å². The maximum Gasteiger partial charge on any atom is 0.138 e. The molecule has 0 spiro atoms. The van der Waals surface area contributed by atoms with Crippen molar-refractivity contribution in [2.45, 2.75) is 13.2 Å². The Morgan fingerprint density at radius 1 is 1.11 bits per heavy atom. The van der Waals surface area contributed by atoms with Crippen molar-refractivity contribution in [2.75, 3.05) is 0 Å². The van der Waals surface area contributed by atoms with Gasteiger partial charge in [0, 0.05) is 21.1 Å². The summed E-state index contributed by atoms with van der Waals surface area (Å²) in [5, 5.41) is 0.587. The van der Waals surface area contributed by atoms with Crippen LogP contribution < -0.4 is 10.5 Å². The zero-order valence-electron chi connectivity index (χ0n) is 10.00. The fourth-order valence-electron chi connectivity index (χ4n) is 1.58. The molecule has 0 saturated heterocycles. The van der Waals surface area contributed by atoms with Gasteiger partial charge >= 0.3 is 0 Å².